The SMILES string of the molecule is Cc1ccc(-c2nc(=O)[nH]c(CN)c2C)cc1. The topological polar surface area (TPSA) is 71.8 Å². The fraction of sp³-hybridized carbons (Fsp3) is 0.231. The number of aromatic amines is 1. The van der Waals surface area contributed by atoms with Gasteiger partial charge in [0, 0.05) is 17.8 Å². The van der Waals surface area contributed by atoms with Crippen LogP contribution < -0.4 is 11.4 Å². The summed E-state index contributed by atoms with van der Waals surface area (Å²) < 4.78 is 0. The van der Waals surface area contributed by atoms with Crippen LogP contribution in [0.3, 0.4) is 0 Å². The van der Waals surface area contributed by atoms with E-state index in [0.29, 0.717) is 12.2 Å². The van der Waals surface area contributed by atoms with Crippen LogP contribution in [0.2, 0.25) is 0 Å². The Morgan fingerprint density at radius 3 is 2.47 bits per heavy atom. The molecule has 4 heteroatoms. The summed E-state index contributed by atoms with van der Waals surface area (Å²) in [6, 6.07) is 7.92. The van der Waals surface area contributed by atoms with Crippen molar-refractivity contribution in [3.05, 3.63) is 51.6 Å². The first-order valence-corrected chi connectivity index (χ1v) is 5.48. The zero-order chi connectivity index (χ0) is 12.4. The van der Waals surface area contributed by atoms with Gasteiger partial charge in [-0.15, -0.1) is 0 Å². The third-order valence-electron chi connectivity index (χ3n) is 2.81. The minimum Gasteiger partial charge on any atom is -0.325 e. The van der Waals surface area contributed by atoms with Crippen molar-refractivity contribution in [2.24, 2.45) is 5.73 Å². The standard InChI is InChI=1S/C13H15N3O/c1-8-3-5-10(6-4-8)12-9(2)11(7-14)15-13(17)16-12/h3-6H,7,14H2,1-2H3,(H,15,16,17). The van der Waals surface area contributed by atoms with Crippen LogP contribution in [-0.4, -0.2) is 9.97 Å². The lowest BCUT2D eigenvalue weighted by atomic mass is 10.0. The Morgan fingerprint density at radius 1 is 1.24 bits per heavy atom. The van der Waals surface area contributed by atoms with Crippen LogP contribution >= 0.6 is 0 Å². The zero-order valence-corrected chi connectivity index (χ0v) is 9.95. The number of nitrogens with two attached hydrogens (primary N) is 1. The second-order valence-electron chi connectivity index (χ2n) is 4.06. The number of hydrogen-bond acceptors (Lipinski definition) is 3. The van der Waals surface area contributed by atoms with Crippen molar-refractivity contribution in [3.8, 4) is 11.3 Å². The molecule has 0 saturated heterocycles. The normalized spacial score (nSPS) is 10.5. The number of rotatable bonds is 2. The Labute approximate surface area is 99.5 Å². The lowest BCUT2D eigenvalue weighted by molar-refractivity contribution is 0.913. The highest BCUT2D eigenvalue weighted by atomic mass is 16.1. The summed E-state index contributed by atoms with van der Waals surface area (Å²) in [5.41, 5.74) is 9.72. The maximum Gasteiger partial charge on any atom is 0.345 e. The first-order chi connectivity index (χ1) is 8.11. The average molecular weight is 229 g/mol. The van der Waals surface area contributed by atoms with E-state index in [1.807, 2.05) is 38.1 Å². The number of nitrogens with one attached hydrogen (secondary N) is 1. The molecule has 17 heavy (non-hydrogen) atoms. The second kappa shape index (κ2) is 4.51. The molecule has 1 aromatic carbocycles. The highest BCUT2D eigenvalue weighted by Gasteiger charge is 2.08. The van der Waals surface area contributed by atoms with Gasteiger partial charge in [-0.3, -0.25) is 0 Å². The Kier molecular flexibility index (Phi) is 3.06. The summed E-state index contributed by atoms with van der Waals surface area (Å²) in [6.07, 6.45) is 0. The molecule has 0 radical (unpaired) electrons. The third kappa shape index (κ3) is 2.26. The predicted octanol–water partition coefficient (Wildman–Crippen LogP) is 1.51. The van der Waals surface area contributed by atoms with Crippen molar-refractivity contribution >= 4 is 0 Å². The molecule has 0 bridgehead atoms. The Balaban J connectivity index is 2.62. The van der Waals surface area contributed by atoms with Gasteiger partial charge in [-0.25, -0.2) is 4.79 Å². The van der Waals surface area contributed by atoms with Crippen molar-refractivity contribution in [2.45, 2.75) is 20.4 Å². The molecule has 0 aliphatic carbocycles. The molecule has 0 unspecified atom stereocenters. The van der Waals surface area contributed by atoms with E-state index in [-0.39, 0.29) is 5.69 Å². The lowest BCUT2D eigenvalue weighted by Crippen LogP contribution is -2.18. The van der Waals surface area contributed by atoms with E-state index in [1.54, 1.807) is 0 Å². The van der Waals surface area contributed by atoms with Gasteiger partial charge >= 0.3 is 5.69 Å². The van der Waals surface area contributed by atoms with Crippen molar-refractivity contribution in [1.29, 1.82) is 0 Å². The van der Waals surface area contributed by atoms with Crippen molar-refractivity contribution in [1.82, 2.24) is 9.97 Å². The first kappa shape index (κ1) is 11.5. The lowest BCUT2D eigenvalue weighted by Gasteiger charge is -2.08. The predicted molar refractivity (Wildman–Crippen MR) is 67.7 cm³/mol. The maximum absolute atomic E-state index is 11.4. The molecule has 0 atom stereocenters. The molecule has 0 aliphatic rings. The van der Waals surface area contributed by atoms with Gasteiger partial charge in [-0.2, -0.15) is 4.98 Å². The molecule has 4 nitrogen and oxygen atoms in total. The molecule has 1 heterocycles. The maximum atomic E-state index is 11.4. The smallest absolute Gasteiger partial charge is 0.325 e. The van der Waals surface area contributed by atoms with Crippen LogP contribution in [0.1, 0.15) is 16.8 Å². The highest BCUT2D eigenvalue weighted by Crippen LogP contribution is 2.21. The minimum atomic E-state index is -0.355. The zero-order valence-electron chi connectivity index (χ0n) is 9.95. The van der Waals surface area contributed by atoms with Crippen LogP contribution in [0.5, 0.6) is 0 Å². The highest BCUT2D eigenvalue weighted by molar-refractivity contribution is 5.63. The summed E-state index contributed by atoms with van der Waals surface area (Å²) in [5.74, 6) is 0. The summed E-state index contributed by atoms with van der Waals surface area (Å²) in [7, 11) is 0. The molecule has 2 aromatic rings. The van der Waals surface area contributed by atoms with Crippen LogP contribution in [0.25, 0.3) is 11.3 Å². The molecule has 2 rings (SSSR count). The summed E-state index contributed by atoms with van der Waals surface area (Å²) >= 11 is 0. The number of aromatic nitrogens is 2. The number of hydrogen-bond donors (Lipinski definition) is 2. The van der Waals surface area contributed by atoms with Gasteiger partial charge in [0.2, 0.25) is 0 Å². The van der Waals surface area contributed by atoms with E-state index in [4.69, 9.17) is 5.73 Å². The van der Waals surface area contributed by atoms with Gasteiger partial charge in [0.15, 0.2) is 0 Å². The summed E-state index contributed by atoms with van der Waals surface area (Å²) in [6.45, 7) is 4.25. The molecule has 1 aromatic heterocycles. The largest absolute Gasteiger partial charge is 0.345 e. The number of H-pyrrole nitrogens is 1. The van der Waals surface area contributed by atoms with Gasteiger partial charge in [0.25, 0.3) is 0 Å². The monoisotopic (exact) mass is 229 g/mol. The fourth-order valence-corrected chi connectivity index (χ4v) is 1.78. The minimum absolute atomic E-state index is 0.308. The quantitative estimate of drug-likeness (QED) is 0.820. The molecule has 88 valence electrons. The molecule has 3 N–H and O–H groups in total. The van der Waals surface area contributed by atoms with E-state index in [0.717, 1.165) is 16.8 Å². The number of aryl methyl sites for hydroxylation is 1. The van der Waals surface area contributed by atoms with Crippen LogP contribution in [0.15, 0.2) is 29.1 Å². The van der Waals surface area contributed by atoms with Crippen LogP contribution in [0.4, 0.5) is 0 Å². The first-order valence-electron chi connectivity index (χ1n) is 5.48. The van der Waals surface area contributed by atoms with E-state index in [9.17, 15) is 4.79 Å². The Bertz CT molecular complexity index is 585. The molecule has 0 aliphatic heterocycles. The van der Waals surface area contributed by atoms with Crippen LogP contribution in [0, 0.1) is 13.8 Å². The Morgan fingerprint density at radius 2 is 1.88 bits per heavy atom. The average Bonchev–Trinajstić information content (AvgIpc) is 2.33. The van der Waals surface area contributed by atoms with E-state index in [2.05, 4.69) is 9.97 Å². The number of benzene rings is 1. The molecular formula is C13H15N3O. The molecular weight excluding hydrogens is 214 g/mol. The van der Waals surface area contributed by atoms with E-state index < -0.39 is 0 Å². The van der Waals surface area contributed by atoms with E-state index in [1.165, 1.54) is 5.56 Å². The molecule has 0 fully saturated rings. The van der Waals surface area contributed by atoms with Gasteiger partial charge in [-0.05, 0) is 19.4 Å². The van der Waals surface area contributed by atoms with Crippen molar-refractivity contribution in [2.75, 3.05) is 0 Å². The molecule has 0 saturated carbocycles. The van der Waals surface area contributed by atoms with Gasteiger partial charge in [0.05, 0.1) is 5.69 Å². The molecule has 0 spiro atoms. The van der Waals surface area contributed by atoms with Gasteiger partial charge < -0.3 is 10.7 Å². The van der Waals surface area contributed by atoms with Crippen LogP contribution in [-0.2, 0) is 6.54 Å². The number of nitrogens with zero attached hydrogens (tertiary/aromatic N) is 1. The summed E-state index contributed by atoms with van der Waals surface area (Å²) in [5, 5.41) is 0. The van der Waals surface area contributed by atoms with Crippen molar-refractivity contribution in [3.63, 3.8) is 0 Å². The van der Waals surface area contributed by atoms with Gasteiger partial charge in [-0.1, -0.05) is 29.8 Å². The van der Waals surface area contributed by atoms with Crippen molar-refractivity contribution < 1.29 is 0 Å². The fourth-order valence-electron chi connectivity index (χ4n) is 1.78. The second-order valence-corrected chi connectivity index (χ2v) is 4.06. The Hall–Kier alpha value is -1.94. The van der Waals surface area contributed by atoms with Gasteiger partial charge in [0.1, 0.15) is 0 Å². The third-order valence-corrected chi connectivity index (χ3v) is 2.81. The molecule has 0 amide bonds. The van der Waals surface area contributed by atoms with E-state index >= 15 is 0 Å². The summed E-state index contributed by atoms with van der Waals surface area (Å²) in [4.78, 5) is 18.1.